The number of nitrogens with one attached hydrogen (secondary N) is 2. The van der Waals surface area contributed by atoms with Crippen molar-refractivity contribution in [2.24, 2.45) is 0 Å². The molecule has 0 aliphatic carbocycles. The highest BCUT2D eigenvalue weighted by Crippen LogP contribution is 2.27. The van der Waals surface area contributed by atoms with E-state index in [1.54, 1.807) is 12.1 Å². The van der Waals surface area contributed by atoms with Crippen molar-refractivity contribution in [2.45, 2.75) is 18.9 Å². The van der Waals surface area contributed by atoms with Crippen LogP contribution >= 0.6 is 11.6 Å². The maximum absolute atomic E-state index is 11.8. The summed E-state index contributed by atoms with van der Waals surface area (Å²) in [5, 5.41) is 5.46. The molecule has 1 aromatic carbocycles. The first kappa shape index (κ1) is 15.6. The maximum atomic E-state index is 11.8. The molecule has 0 bridgehead atoms. The van der Waals surface area contributed by atoms with Crippen LogP contribution in [0.1, 0.15) is 12.8 Å². The number of anilines is 1. The SMILES string of the molecule is COc1ccc(Cl)cc1NC(=O)C(=O)NCC1CCCO1. The molecule has 1 aliphatic rings. The van der Waals surface area contributed by atoms with Gasteiger partial charge in [0, 0.05) is 18.2 Å². The molecule has 2 amide bonds. The van der Waals surface area contributed by atoms with Gasteiger partial charge < -0.3 is 20.1 Å². The smallest absolute Gasteiger partial charge is 0.313 e. The van der Waals surface area contributed by atoms with Gasteiger partial charge in [-0.1, -0.05) is 11.6 Å². The highest BCUT2D eigenvalue weighted by Gasteiger charge is 2.20. The fraction of sp³-hybridized carbons (Fsp3) is 0.429. The van der Waals surface area contributed by atoms with Crippen LogP contribution in [0.5, 0.6) is 5.75 Å². The van der Waals surface area contributed by atoms with Crippen LogP contribution in [0.25, 0.3) is 0 Å². The molecule has 2 rings (SSSR count). The second-order valence-electron chi connectivity index (χ2n) is 4.64. The molecule has 1 saturated heterocycles. The predicted molar refractivity (Wildman–Crippen MR) is 78.6 cm³/mol. The highest BCUT2D eigenvalue weighted by atomic mass is 35.5. The molecule has 1 aliphatic heterocycles. The van der Waals surface area contributed by atoms with Crippen molar-refractivity contribution < 1.29 is 19.1 Å². The van der Waals surface area contributed by atoms with Crippen LogP contribution < -0.4 is 15.4 Å². The van der Waals surface area contributed by atoms with Gasteiger partial charge in [-0.15, -0.1) is 0 Å². The summed E-state index contributed by atoms with van der Waals surface area (Å²) in [4.78, 5) is 23.6. The molecule has 6 nitrogen and oxygen atoms in total. The van der Waals surface area contributed by atoms with Gasteiger partial charge >= 0.3 is 11.8 Å². The fourth-order valence-electron chi connectivity index (χ4n) is 2.05. The van der Waals surface area contributed by atoms with Crippen LogP contribution in [0.3, 0.4) is 0 Å². The molecule has 1 fully saturated rings. The van der Waals surface area contributed by atoms with Crippen molar-refractivity contribution in [1.82, 2.24) is 5.32 Å². The Balaban J connectivity index is 1.90. The zero-order valence-electron chi connectivity index (χ0n) is 11.6. The normalized spacial score (nSPS) is 17.3. The molecule has 7 heteroatoms. The third-order valence-corrected chi connectivity index (χ3v) is 3.37. The monoisotopic (exact) mass is 312 g/mol. The van der Waals surface area contributed by atoms with E-state index in [-0.39, 0.29) is 6.10 Å². The first-order valence-electron chi connectivity index (χ1n) is 6.64. The summed E-state index contributed by atoms with van der Waals surface area (Å²) in [5.74, 6) is -1.05. The molecule has 0 saturated carbocycles. The van der Waals surface area contributed by atoms with Gasteiger partial charge in [0.15, 0.2) is 0 Å². The van der Waals surface area contributed by atoms with Gasteiger partial charge in [-0.25, -0.2) is 0 Å². The summed E-state index contributed by atoms with van der Waals surface area (Å²) < 4.78 is 10.5. The lowest BCUT2D eigenvalue weighted by Gasteiger charge is -2.12. The molecule has 114 valence electrons. The van der Waals surface area contributed by atoms with E-state index in [0.29, 0.717) is 29.6 Å². The van der Waals surface area contributed by atoms with E-state index in [4.69, 9.17) is 21.1 Å². The quantitative estimate of drug-likeness (QED) is 0.828. The molecule has 21 heavy (non-hydrogen) atoms. The van der Waals surface area contributed by atoms with E-state index >= 15 is 0 Å². The molecule has 1 atom stereocenters. The summed E-state index contributed by atoms with van der Waals surface area (Å²) in [5.41, 5.74) is 0.349. The Bertz CT molecular complexity index is 530. The number of carbonyl (C=O) groups is 2. The van der Waals surface area contributed by atoms with Crippen LogP contribution in [-0.2, 0) is 14.3 Å². The number of amides is 2. The number of hydrogen-bond donors (Lipinski definition) is 2. The summed E-state index contributed by atoms with van der Waals surface area (Å²) in [6, 6.07) is 4.77. The average Bonchev–Trinajstić information content (AvgIpc) is 2.98. The molecule has 1 unspecified atom stereocenters. The van der Waals surface area contributed by atoms with Crippen molar-refractivity contribution in [3.05, 3.63) is 23.2 Å². The average molecular weight is 313 g/mol. The minimum Gasteiger partial charge on any atom is -0.495 e. The van der Waals surface area contributed by atoms with Gasteiger partial charge in [0.1, 0.15) is 5.75 Å². The molecule has 0 aromatic heterocycles. The van der Waals surface area contributed by atoms with Crippen LogP contribution in [-0.4, -0.2) is 38.2 Å². The Morgan fingerprint density at radius 3 is 2.90 bits per heavy atom. The second kappa shape index (κ2) is 7.28. The van der Waals surface area contributed by atoms with E-state index in [1.165, 1.54) is 13.2 Å². The van der Waals surface area contributed by atoms with Crippen molar-refractivity contribution in [3.63, 3.8) is 0 Å². The summed E-state index contributed by atoms with van der Waals surface area (Å²) in [6.45, 7) is 1.03. The lowest BCUT2D eigenvalue weighted by Crippen LogP contribution is -2.39. The molecule has 2 N–H and O–H groups in total. The zero-order valence-corrected chi connectivity index (χ0v) is 12.4. The number of benzene rings is 1. The molecule has 1 heterocycles. The molecule has 1 aromatic rings. The first-order valence-corrected chi connectivity index (χ1v) is 7.02. The zero-order chi connectivity index (χ0) is 15.2. The molecular weight excluding hydrogens is 296 g/mol. The number of rotatable bonds is 4. The minimum absolute atomic E-state index is 0.0116. The Morgan fingerprint density at radius 2 is 2.24 bits per heavy atom. The summed E-state index contributed by atoms with van der Waals surface area (Å²) >= 11 is 5.86. The van der Waals surface area contributed by atoms with Crippen molar-refractivity contribution in [2.75, 3.05) is 25.6 Å². The van der Waals surface area contributed by atoms with Crippen LogP contribution in [0, 0.1) is 0 Å². The minimum atomic E-state index is -0.770. The topological polar surface area (TPSA) is 76.7 Å². The van der Waals surface area contributed by atoms with E-state index in [1.807, 2.05) is 0 Å². The van der Waals surface area contributed by atoms with Gasteiger partial charge in [0.05, 0.1) is 18.9 Å². The van der Waals surface area contributed by atoms with E-state index in [9.17, 15) is 9.59 Å². The van der Waals surface area contributed by atoms with Crippen LogP contribution in [0.15, 0.2) is 18.2 Å². The van der Waals surface area contributed by atoms with Gasteiger partial charge in [0.2, 0.25) is 0 Å². The molecule has 0 radical (unpaired) electrons. The number of halogens is 1. The van der Waals surface area contributed by atoms with Crippen molar-refractivity contribution >= 4 is 29.1 Å². The van der Waals surface area contributed by atoms with Crippen LogP contribution in [0.2, 0.25) is 5.02 Å². The van der Waals surface area contributed by atoms with Gasteiger partial charge in [-0.3, -0.25) is 9.59 Å². The first-order chi connectivity index (χ1) is 10.1. The molecule has 0 spiro atoms. The number of hydrogen-bond acceptors (Lipinski definition) is 4. The Kier molecular flexibility index (Phi) is 5.41. The number of methoxy groups -OCH3 is 1. The van der Waals surface area contributed by atoms with Crippen molar-refractivity contribution in [1.29, 1.82) is 0 Å². The standard InChI is InChI=1S/C14H17ClN2O4/c1-20-12-5-4-9(15)7-11(12)17-14(19)13(18)16-8-10-3-2-6-21-10/h4-5,7,10H,2-3,6,8H2,1H3,(H,16,18)(H,17,19). The second-order valence-corrected chi connectivity index (χ2v) is 5.08. The summed E-state index contributed by atoms with van der Waals surface area (Å²) in [7, 11) is 1.47. The van der Waals surface area contributed by atoms with Crippen molar-refractivity contribution in [3.8, 4) is 5.75 Å². The lowest BCUT2D eigenvalue weighted by atomic mass is 10.2. The maximum Gasteiger partial charge on any atom is 0.313 e. The predicted octanol–water partition coefficient (Wildman–Crippen LogP) is 1.58. The fourth-order valence-corrected chi connectivity index (χ4v) is 2.22. The number of ether oxygens (including phenoxy) is 2. The Hall–Kier alpha value is -1.79. The van der Waals surface area contributed by atoms with Gasteiger partial charge in [-0.05, 0) is 31.0 Å². The third-order valence-electron chi connectivity index (χ3n) is 3.13. The van der Waals surface area contributed by atoms with Crippen LogP contribution in [0.4, 0.5) is 5.69 Å². The third kappa shape index (κ3) is 4.34. The molecular formula is C14H17ClN2O4. The summed E-state index contributed by atoms with van der Waals surface area (Å²) in [6.07, 6.45) is 1.86. The Morgan fingerprint density at radius 1 is 1.43 bits per heavy atom. The van der Waals surface area contributed by atoms with Gasteiger partial charge in [0.25, 0.3) is 0 Å². The largest absolute Gasteiger partial charge is 0.495 e. The Labute approximate surface area is 127 Å². The lowest BCUT2D eigenvalue weighted by molar-refractivity contribution is -0.136. The number of carbonyl (C=O) groups excluding carboxylic acids is 2. The van der Waals surface area contributed by atoms with Gasteiger partial charge in [-0.2, -0.15) is 0 Å². The van der Waals surface area contributed by atoms with E-state index < -0.39 is 11.8 Å². The highest BCUT2D eigenvalue weighted by molar-refractivity contribution is 6.40. The van der Waals surface area contributed by atoms with E-state index in [0.717, 1.165) is 12.8 Å². The van der Waals surface area contributed by atoms with E-state index in [2.05, 4.69) is 10.6 Å².